The van der Waals surface area contributed by atoms with Gasteiger partial charge in [-0.05, 0) is 25.3 Å². The summed E-state index contributed by atoms with van der Waals surface area (Å²) in [6.45, 7) is 2.95. The highest BCUT2D eigenvalue weighted by atomic mass is 16.2. The van der Waals surface area contributed by atoms with E-state index in [9.17, 15) is 4.79 Å². The van der Waals surface area contributed by atoms with Crippen molar-refractivity contribution in [3.05, 3.63) is 18.0 Å². The number of carbonyl (C=O) groups excluding carboxylic acids is 1. The molecule has 0 unspecified atom stereocenters. The molecule has 2 rings (SSSR count). The van der Waals surface area contributed by atoms with E-state index in [-0.39, 0.29) is 5.91 Å². The van der Waals surface area contributed by atoms with Crippen molar-refractivity contribution in [2.24, 2.45) is 0 Å². The second-order valence-electron chi connectivity index (χ2n) is 5.56. The molecule has 4 heteroatoms. The molecule has 0 radical (unpaired) electrons. The minimum absolute atomic E-state index is 0.108. The topological polar surface area (TPSA) is 51.3 Å². The number of carbonyl (C=O) groups is 1. The van der Waals surface area contributed by atoms with Crippen LogP contribution in [0.4, 0.5) is 5.69 Å². The summed E-state index contributed by atoms with van der Waals surface area (Å²) >= 11 is 0. The lowest BCUT2D eigenvalue weighted by Gasteiger charge is -2.31. The van der Waals surface area contributed by atoms with Gasteiger partial charge < -0.3 is 15.2 Å². The molecule has 1 aromatic rings. The molecule has 0 aliphatic heterocycles. The maximum Gasteiger partial charge on any atom is 0.270 e. The summed E-state index contributed by atoms with van der Waals surface area (Å²) in [5.74, 6) is 0.108. The van der Waals surface area contributed by atoms with Crippen LogP contribution in [0.5, 0.6) is 0 Å². The maximum absolute atomic E-state index is 12.6. The zero-order valence-electron chi connectivity index (χ0n) is 12.1. The lowest BCUT2D eigenvalue weighted by molar-refractivity contribution is 0.0685. The van der Waals surface area contributed by atoms with Crippen LogP contribution >= 0.6 is 0 Å². The predicted octanol–water partition coefficient (Wildman–Crippen LogP) is 2.89. The number of nitrogens with two attached hydrogens (primary N) is 1. The number of hydrogen-bond donors (Lipinski definition) is 1. The molecule has 0 bridgehead atoms. The molecule has 1 heterocycles. The molecule has 0 spiro atoms. The number of aryl methyl sites for hydroxylation is 1. The molecule has 1 aromatic heterocycles. The molecule has 1 aliphatic rings. The fourth-order valence-electron chi connectivity index (χ4n) is 2.95. The lowest BCUT2D eigenvalue weighted by Crippen LogP contribution is -2.39. The summed E-state index contributed by atoms with van der Waals surface area (Å²) < 4.78 is 1.98. The largest absolute Gasteiger partial charge is 0.397 e. The van der Waals surface area contributed by atoms with Gasteiger partial charge in [-0.3, -0.25) is 4.79 Å². The first-order valence-corrected chi connectivity index (χ1v) is 7.36. The molecule has 1 amide bonds. The van der Waals surface area contributed by atoms with Gasteiger partial charge >= 0.3 is 0 Å². The van der Waals surface area contributed by atoms with E-state index in [1.54, 1.807) is 6.07 Å². The molecule has 0 saturated heterocycles. The third-order valence-electron chi connectivity index (χ3n) is 4.04. The van der Waals surface area contributed by atoms with E-state index in [1.165, 1.54) is 19.3 Å². The Morgan fingerprint density at radius 3 is 2.74 bits per heavy atom. The van der Waals surface area contributed by atoms with Crippen LogP contribution in [-0.2, 0) is 6.54 Å². The Morgan fingerprint density at radius 2 is 2.11 bits per heavy atom. The fourth-order valence-corrected chi connectivity index (χ4v) is 2.95. The van der Waals surface area contributed by atoms with Crippen LogP contribution < -0.4 is 5.73 Å². The normalized spacial score (nSPS) is 16.5. The first kappa shape index (κ1) is 14.0. The third kappa shape index (κ3) is 3.11. The number of nitrogen functional groups attached to an aromatic ring is 1. The van der Waals surface area contributed by atoms with Crippen LogP contribution in [-0.4, -0.2) is 28.5 Å². The number of nitrogens with zero attached hydrogens (tertiary/aromatic N) is 2. The van der Waals surface area contributed by atoms with Crippen molar-refractivity contribution in [2.75, 3.05) is 12.8 Å². The van der Waals surface area contributed by atoms with Crippen LogP contribution in [0.3, 0.4) is 0 Å². The molecule has 1 saturated carbocycles. The third-order valence-corrected chi connectivity index (χ3v) is 4.04. The van der Waals surface area contributed by atoms with E-state index in [0.29, 0.717) is 11.7 Å². The zero-order chi connectivity index (χ0) is 13.8. The van der Waals surface area contributed by atoms with Crippen LogP contribution in [0, 0.1) is 0 Å². The summed E-state index contributed by atoms with van der Waals surface area (Å²) in [6.07, 6.45) is 8.91. The lowest BCUT2D eigenvalue weighted by atomic mass is 9.94. The predicted molar refractivity (Wildman–Crippen MR) is 78.1 cm³/mol. The van der Waals surface area contributed by atoms with E-state index in [0.717, 1.165) is 31.5 Å². The highest BCUT2D eigenvalue weighted by molar-refractivity contribution is 5.93. The quantitative estimate of drug-likeness (QED) is 0.908. The maximum atomic E-state index is 12.6. The molecule has 2 N–H and O–H groups in total. The molecule has 106 valence electrons. The first-order valence-electron chi connectivity index (χ1n) is 7.36. The Labute approximate surface area is 115 Å². The molecular weight excluding hydrogens is 238 g/mol. The van der Waals surface area contributed by atoms with Crippen molar-refractivity contribution in [3.8, 4) is 0 Å². The second-order valence-corrected chi connectivity index (χ2v) is 5.56. The number of anilines is 1. The van der Waals surface area contributed by atoms with Gasteiger partial charge in [0.25, 0.3) is 5.91 Å². The molecule has 4 nitrogen and oxygen atoms in total. The Morgan fingerprint density at radius 1 is 1.42 bits per heavy atom. The number of hydrogen-bond acceptors (Lipinski definition) is 2. The van der Waals surface area contributed by atoms with E-state index < -0.39 is 0 Å². The average Bonchev–Trinajstić information content (AvgIpc) is 2.79. The summed E-state index contributed by atoms with van der Waals surface area (Å²) in [7, 11) is 1.93. The van der Waals surface area contributed by atoms with Crippen LogP contribution in [0.15, 0.2) is 12.3 Å². The monoisotopic (exact) mass is 263 g/mol. The van der Waals surface area contributed by atoms with Gasteiger partial charge in [0.05, 0.1) is 5.69 Å². The van der Waals surface area contributed by atoms with Crippen LogP contribution in [0.2, 0.25) is 0 Å². The summed E-state index contributed by atoms with van der Waals surface area (Å²) in [5, 5.41) is 0. The van der Waals surface area contributed by atoms with Crippen LogP contribution in [0.1, 0.15) is 55.9 Å². The van der Waals surface area contributed by atoms with E-state index >= 15 is 0 Å². The van der Waals surface area contributed by atoms with Gasteiger partial charge in [0, 0.05) is 25.8 Å². The first-order chi connectivity index (χ1) is 9.13. The second kappa shape index (κ2) is 6.13. The Balaban J connectivity index is 2.13. The Hall–Kier alpha value is -1.45. The van der Waals surface area contributed by atoms with Gasteiger partial charge in [-0.1, -0.05) is 26.2 Å². The van der Waals surface area contributed by atoms with Crippen molar-refractivity contribution >= 4 is 11.6 Å². The van der Waals surface area contributed by atoms with Crippen molar-refractivity contribution in [1.29, 1.82) is 0 Å². The van der Waals surface area contributed by atoms with Gasteiger partial charge in [0.1, 0.15) is 5.69 Å². The fraction of sp³-hybridized carbons (Fsp3) is 0.667. The van der Waals surface area contributed by atoms with Gasteiger partial charge in [-0.2, -0.15) is 0 Å². The van der Waals surface area contributed by atoms with Gasteiger partial charge in [0.15, 0.2) is 0 Å². The molecule has 1 fully saturated rings. The molecule has 0 aromatic carbocycles. The van der Waals surface area contributed by atoms with E-state index in [1.807, 2.05) is 22.7 Å². The number of rotatable bonds is 4. The van der Waals surface area contributed by atoms with E-state index in [4.69, 9.17) is 5.73 Å². The average molecular weight is 263 g/mol. The minimum Gasteiger partial charge on any atom is -0.397 e. The summed E-state index contributed by atoms with van der Waals surface area (Å²) in [5.41, 5.74) is 7.24. The molecular formula is C15H25N3O. The molecule has 0 atom stereocenters. The minimum atomic E-state index is 0.108. The van der Waals surface area contributed by atoms with Crippen molar-refractivity contribution < 1.29 is 4.79 Å². The smallest absolute Gasteiger partial charge is 0.270 e. The number of amides is 1. The zero-order valence-corrected chi connectivity index (χ0v) is 12.1. The van der Waals surface area contributed by atoms with E-state index in [2.05, 4.69) is 6.92 Å². The van der Waals surface area contributed by atoms with Crippen molar-refractivity contribution in [3.63, 3.8) is 0 Å². The molecule has 1 aliphatic carbocycles. The van der Waals surface area contributed by atoms with Gasteiger partial charge in [0.2, 0.25) is 0 Å². The summed E-state index contributed by atoms with van der Waals surface area (Å²) in [6, 6.07) is 2.20. The van der Waals surface area contributed by atoms with Gasteiger partial charge in [-0.15, -0.1) is 0 Å². The standard InChI is InChI=1S/C15H25N3O/c1-3-9-18-11-12(16)10-14(18)15(19)17(2)13-7-5-4-6-8-13/h10-11,13H,3-9,16H2,1-2H3. The highest BCUT2D eigenvalue weighted by Crippen LogP contribution is 2.23. The van der Waals surface area contributed by atoms with Crippen LogP contribution in [0.25, 0.3) is 0 Å². The Bertz CT molecular complexity index is 433. The highest BCUT2D eigenvalue weighted by Gasteiger charge is 2.24. The summed E-state index contributed by atoms with van der Waals surface area (Å²) in [4.78, 5) is 14.5. The van der Waals surface area contributed by atoms with Gasteiger partial charge in [-0.25, -0.2) is 0 Å². The Kier molecular flexibility index (Phi) is 4.51. The molecule has 19 heavy (non-hydrogen) atoms. The van der Waals surface area contributed by atoms with Crippen molar-refractivity contribution in [1.82, 2.24) is 9.47 Å². The van der Waals surface area contributed by atoms with Crippen molar-refractivity contribution in [2.45, 2.75) is 58.0 Å². The SMILES string of the molecule is CCCn1cc(N)cc1C(=O)N(C)C1CCCCC1. The number of aromatic nitrogens is 1.